The maximum Gasteiger partial charge on any atom is 0.167 e. The molecule has 5 nitrogen and oxygen atoms in total. The van der Waals surface area contributed by atoms with Crippen LogP contribution in [0.25, 0.3) is 32.8 Å². The van der Waals surface area contributed by atoms with Crippen LogP contribution in [0.15, 0.2) is 102 Å². The van der Waals surface area contributed by atoms with Gasteiger partial charge in [0.05, 0.1) is 5.69 Å². The lowest BCUT2D eigenvalue weighted by atomic mass is 9.89. The highest BCUT2D eigenvalue weighted by Gasteiger charge is 2.32. The summed E-state index contributed by atoms with van der Waals surface area (Å²) >= 11 is 3.50. The molecule has 3 heterocycles. The van der Waals surface area contributed by atoms with Gasteiger partial charge in [0.1, 0.15) is 0 Å². The third-order valence-corrected chi connectivity index (χ3v) is 11.8. The van der Waals surface area contributed by atoms with Crippen molar-refractivity contribution in [3.8, 4) is 11.3 Å². The summed E-state index contributed by atoms with van der Waals surface area (Å²) in [7, 11) is 0. The predicted molar refractivity (Wildman–Crippen MR) is 211 cm³/mol. The van der Waals surface area contributed by atoms with E-state index in [4.69, 9.17) is 0 Å². The number of piperidine rings is 2. The van der Waals surface area contributed by atoms with Crippen LogP contribution in [0.3, 0.4) is 0 Å². The van der Waals surface area contributed by atoms with Gasteiger partial charge in [0.25, 0.3) is 0 Å². The van der Waals surface area contributed by atoms with E-state index < -0.39 is 0 Å². The van der Waals surface area contributed by atoms with E-state index in [1.165, 1.54) is 50.7 Å². The summed E-state index contributed by atoms with van der Waals surface area (Å²) < 4.78 is 1.08. The normalized spacial score (nSPS) is 21.3. The Morgan fingerprint density at radius 3 is 1.69 bits per heavy atom. The lowest BCUT2D eigenvalue weighted by molar-refractivity contribution is 0.0808. The molecule has 0 bridgehead atoms. The van der Waals surface area contributed by atoms with Crippen LogP contribution in [-0.4, -0.2) is 65.6 Å². The molecule has 4 fully saturated rings. The molecule has 262 valence electrons. The Bertz CT molecular complexity index is 2020. The first-order valence-corrected chi connectivity index (χ1v) is 19.9. The van der Waals surface area contributed by atoms with Gasteiger partial charge in [-0.2, -0.15) is 0 Å². The molecule has 0 N–H and O–H groups in total. The second-order valence-corrected chi connectivity index (χ2v) is 16.4. The van der Waals surface area contributed by atoms with E-state index >= 15 is 0 Å². The van der Waals surface area contributed by atoms with Crippen LogP contribution in [0, 0.1) is 23.7 Å². The highest BCUT2D eigenvalue weighted by Crippen LogP contribution is 2.33. The number of carbonyl (C=O) groups is 2. The lowest BCUT2D eigenvalue weighted by Crippen LogP contribution is -2.39. The number of benzene rings is 4. The van der Waals surface area contributed by atoms with Crippen molar-refractivity contribution in [2.45, 2.75) is 51.4 Å². The average Bonchev–Trinajstić information content (AvgIpc) is 4.13. The van der Waals surface area contributed by atoms with Crippen molar-refractivity contribution in [1.29, 1.82) is 0 Å². The molecule has 0 radical (unpaired) electrons. The van der Waals surface area contributed by atoms with E-state index in [1.54, 1.807) is 0 Å². The molecule has 9 rings (SSSR count). The van der Waals surface area contributed by atoms with Gasteiger partial charge in [-0.3, -0.25) is 14.6 Å². The second-order valence-electron chi connectivity index (χ2n) is 15.5. The molecule has 0 amide bonds. The average molecular weight is 743 g/mol. The van der Waals surface area contributed by atoms with Crippen molar-refractivity contribution in [1.82, 2.24) is 14.8 Å². The third-order valence-electron chi connectivity index (χ3n) is 11.4. The molecular formula is C45H48BrN3O2. The molecule has 2 saturated carbocycles. The summed E-state index contributed by atoms with van der Waals surface area (Å²) in [5.41, 5.74) is 3.81. The maximum atomic E-state index is 13.1. The monoisotopic (exact) mass is 741 g/mol. The van der Waals surface area contributed by atoms with Crippen LogP contribution < -0.4 is 0 Å². The summed E-state index contributed by atoms with van der Waals surface area (Å²) in [4.78, 5) is 35.5. The maximum absolute atomic E-state index is 13.1. The molecule has 1 aromatic heterocycles. The first-order chi connectivity index (χ1) is 24.9. The number of hydrogen-bond donors (Lipinski definition) is 0. The van der Waals surface area contributed by atoms with Crippen molar-refractivity contribution in [3.63, 3.8) is 0 Å². The number of carbonyl (C=O) groups excluding carboxylic acids is 2. The van der Waals surface area contributed by atoms with Crippen LogP contribution in [-0.2, 0) is 0 Å². The Morgan fingerprint density at radius 1 is 0.608 bits per heavy atom. The van der Waals surface area contributed by atoms with Crippen molar-refractivity contribution in [3.05, 3.63) is 113 Å². The van der Waals surface area contributed by atoms with E-state index in [9.17, 15) is 9.59 Å². The highest BCUT2D eigenvalue weighted by molar-refractivity contribution is 9.10. The number of halogens is 1. The van der Waals surface area contributed by atoms with Gasteiger partial charge in [-0.05, 0) is 140 Å². The molecule has 0 spiro atoms. The Kier molecular flexibility index (Phi) is 10.4. The zero-order valence-electron chi connectivity index (χ0n) is 29.5. The number of nitrogens with zero attached hydrogens (tertiary/aromatic N) is 3. The zero-order chi connectivity index (χ0) is 34.7. The smallest absolute Gasteiger partial charge is 0.167 e. The third kappa shape index (κ3) is 8.68. The summed E-state index contributed by atoms with van der Waals surface area (Å²) in [6.45, 7) is 6.62. The zero-order valence-corrected chi connectivity index (χ0v) is 31.1. The lowest BCUT2D eigenvalue weighted by Gasteiger charge is -2.32. The molecule has 51 heavy (non-hydrogen) atoms. The van der Waals surface area contributed by atoms with Crippen molar-refractivity contribution in [2.75, 3.05) is 39.3 Å². The fraction of sp³-hybridized carbons (Fsp3) is 0.400. The molecule has 2 aliphatic carbocycles. The standard InChI is InChI=1S/C25H26N2O.C20H22BrNO/c28-25(23-4-3-13-27(17-23)16-18-6-7-18)22-11-9-19-14-21(10-8-20(19)15-22)24-5-1-2-12-26-24;21-19-8-7-15-10-17(6-5-16(15)11-19)20(23)18-2-1-9-22(13-18)12-14-3-4-14/h1-2,5,8-12,14-15,18,23H,3-4,6-7,13,16-17H2;5-8,10-11,14,18H,1-4,9,12-13H2. The summed E-state index contributed by atoms with van der Waals surface area (Å²) in [5, 5.41) is 4.59. The number of rotatable bonds is 9. The van der Waals surface area contributed by atoms with E-state index in [2.05, 4.69) is 85.3 Å². The number of pyridine rings is 1. The molecular weight excluding hydrogens is 694 g/mol. The molecule has 2 unspecified atom stereocenters. The topological polar surface area (TPSA) is 53.5 Å². The van der Waals surface area contributed by atoms with Crippen LogP contribution in [0.2, 0.25) is 0 Å². The van der Waals surface area contributed by atoms with E-state index in [-0.39, 0.29) is 11.8 Å². The summed E-state index contributed by atoms with van der Waals surface area (Å²) in [6.07, 6.45) is 11.7. The van der Waals surface area contributed by atoms with E-state index in [1.807, 2.05) is 42.6 Å². The van der Waals surface area contributed by atoms with E-state index in [0.717, 1.165) is 100 Å². The Hall–Kier alpha value is -3.71. The minimum atomic E-state index is 0.151. The largest absolute Gasteiger partial charge is 0.302 e. The van der Waals surface area contributed by atoms with Gasteiger partial charge in [0, 0.05) is 65.4 Å². The Morgan fingerprint density at radius 2 is 1.14 bits per heavy atom. The predicted octanol–water partition coefficient (Wildman–Crippen LogP) is 10.1. The van der Waals surface area contributed by atoms with E-state index in [0.29, 0.717) is 11.6 Å². The second kappa shape index (κ2) is 15.5. The number of aromatic nitrogens is 1. The van der Waals surface area contributed by atoms with Gasteiger partial charge in [-0.25, -0.2) is 0 Å². The first kappa shape index (κ1) is 34.4. The van der Waals surface area contributed by atoms with Gasteiger partial charge in [-0.1, -0.05) is 64.5 Å². The summed E-state index contributed by atoms with van der Waals surface area (Å²) in [6, 6.07) is 30.8. The number of fused-ring (bicyclic) bond motifs is 2. The van der Waals surface area contributed by atoms with Gasteiger partial charge in [0.2, 0.25) is 0 Å². The fourth-order valence-corrected chi connectivity index (χ4v) is 8.51. The van der Waals surface area contributed by atoms with Crippen molar-refractivity contribution >= 4 is 49.0 Å². The Labute approximate surface area is 310 Å². The highest BCUT2D eigenvalue weighted by atomic mass is 79.9. The molecule has 6 heteroatoms. The van der Waals surface area contributed by atoms with Crippen LogP contribution in [0.1, 0.15) is 72.1 Å². The van der Waals surface area contributed by atoms with Gasteiger partial charge < -0.3 is 9.80 Å². The Balaban J connectivity index is 0.000000150. The molecule has 2 saturated heterocycles. The quantitative estimate of drug-likeness (QED) is 0.141. The summed E-state index contributed by atoms with van der Waals surface area (Å²) in [5.74, 6) is 2.77. The van der Waals surface area contributed by atoms with Crippen LogP contribution in [0.5, 0.6) is 0 Å². The van der Waals surface area contributed by atoms with Crippen LogP contribution >= 0.6 is 15.9 Å². The number of likely N-dealkylation sites (tertiary alicyclic amines) is 2. The minimum Gasteiger partial charge on any atom is -0.302 e. The minimum absolute atomic E-state index is 0.151. The van der Waals surface area contributed by atoms with Crippen LogP contribution in [0.4, 0.5) is 0 Å². The first-order valence-electron chi connectivity index (χ1n) is 19.1. The molecule has 2 aliphatic heterocycles. The fourth-order valence-electron chi connectivity index (χ4n) is 8.13. The van der Waals surface area contributed by atoms with Crippen molar-refractivity contribution in [2.24, 2.45) is 23.7 Å². The van der Waals surface area contributed by atoms with Gasteiger partial charge in [-0.15, -0.1) is 0 Å². The molecule has 5 aromatic rings. The molecule has 2 atom stereocenters. The van der Waals surface area contributed by atoms with Crippen molar-refractivity contribution < 1.29 is 9.59 Å². The molecule has 4 aromatic carbocycles. The SMILES string of the molecule is O=C(c1ccc2cc(-c3ccccn3)ccc2c1)C1CCCN(CC2CC2)C1.O=C(c1ccc2cc(Br)ccc2c1)C1CCCN(CC2CC2)C1. The van der Waals surface area contributed by atoms with Gasteiger partial charge in [0.15, 0.2) is 11.6 Å². The number of Topliss-reactive ketones (excluding diaryl/α,β-unsaturated/α-hetero) is 2. The van der Waals surface area contributed by atoms with Gasteiger partial charge >= 0.3 is 0 Å². The number of ketones is 2. The number of hydrogen-bond acceptors (Lipinski definition) is 5. The molecule has 4 aliphatic rings.